The maximum Gasteiger partial charge on any atom is 0.146 e. The third kappa shape index (κ3) is 3.12. The van der Waals surface area contributed by atoms with Gasteiger partial charge in [0, 0.05) is 12.5 Å². The first-order chi connectivity index (χ1) is 12.3. The van der Waals surface area contributed by atoms with E-state index in [2.05, 4.69) is 59.2 Å². The van der Waals surface area contributed by atoms with Gasteiger partial charge in [0.05, 0.1) is 5.69 Å². The molecule has 1 atom stereocenters. The number of fused-ring (bicyclic) bond motifs is 2. The molecule has 0 spiro atoms. The number of anilines is 1. The molecular formula is C22H23FN2. The second-order valence-electron chi connectivity index (χ2n) is 6.77. The number of rotatable bonds is 5. The van der Waals surface area contributed by atoms with Crippen LogP contribution in [0.5, 0.6) is 0 Å². The van der Waals surface area contributed by atoms with Crippen LogP contribution in [0.25, 0.3) is 10.8 Å². The minimum Gasteiger partial charge on any atom is -0.382 e. The van der Waals surface area contributed by atoms with E-state index in [1.807, 2.05) is 7.05 Å². The number of hydrogen-bond donors (Lipinski definition) is 2. The van der Waals surface area contributed by atoms with Crippen LogP contribution in [0, 0.1) is 5.82 Å². The fraction of sp³-hybridized carbons (Fsp3) is 0.273. The zero-order chi connectivity index (χ0) is 17.2. The predicted octanol–water partition coefficient (Wildman–Crippen LogP) is 4.69. The quantitative estimate of drug-likeness (QED) is 0.707. The minimum absolute atomic E-state index is 0.125. The summed E-state index contributed by atoms with van der Waals surface area (Å²) in [5.74, 6) is 0.0673. The van der Waals surface area contributed by atoms with Gasteiger partial charge in [-0.1, -0.05) is 48.5 Å². The van der Waals surface area contributed by atoms with Crippen molar-refractivity contribution >= 4 is 16.5 Å². The first-order valence-corrected chi connectivity index (χ1v) is 8.96. The van der Waals surface area contributed by atoms with Gasteiger partial charge in [-0.05, 0) is 60.0 Å². The Hall–Kier alpha value is -2.39. The summed E-state index contributed by atoms with van der Waals surface area (Å²) in [6.07, 6.45) is 1.84. The molecule has 1 unspecified atom stereocenters. The van der Waals surface area contributed by atoms with Crippen molar-refractivity contribution in [2.45, 2.75) is 18.8 Å². The summed E-state index contributed by atoms with van der Waals surface area (Å²) < 4.78 is 14.5. The molecule has 0 fully saturated rings. The van der Waals surface area contributed by atoms with E-state index in [1.54, 1.807) is 6.07 Å². The SMILES string of the molecule is CNCCC(c1cc(F)c2c(c1)CCN2)c1ccc2ccccc2c1. The normalized spacial score (nSPS) is 14.3. The van der Waals surface area contributed by atoms with Crippen LogP contribution in [0.2, 0.25) is 0 Å². The van der Waals surface area contributed by atoms with Crippen molar-refractivity contribution in [3.05, 3.63) is 77.1 Å². The van der Waals surface area contributed by atoms with Gasteiger partial charge in [-0.15, -0.1) is 0 Å². The topological polar surface area (TPSA) is 24.1 Å². The zero-order valence-electron chi connectivity index (χ0n) is 14.5. The molecule has 0 saturated carbocycles. The van der Waals surface area contributed by atoms with Crippen LogP contribution >= 0.6 is 0 Å². The summed E-state index contributed by atoms with van der Waals surface area (Å²) in [5, 5.41) is 8.86. The molecule has 1 heterocycles. The Kier molecular flexibility index (Phi) is 4.41. The third-order valence-corrected chi connectivity index (χ3v) is 5.15. The summed E-state index contributed by atoms with van der Waals surface area (Å²) in [5.41, 5.74) is 4.12. The van der Waals surface area contributed by atoms with E-state index in [1.165, 1.54) is 16.3 Å². The monoisotopic (exact) mass is 334 g/mol. The van der Waals surface area contributed by atoms with Gasteiger partial charge in [-0.2, -0.15) is 0 Å². The smallest absolute Gasteiger partial charge is 0.146 e. The molecule has 25 heavy (non-hydrogen) atoms. The summed E-state index contributed by atoms with van der Waals surface area (Å²) in [4.78, 5) is 0. The van der Waals surface area contributed by atoms with Crippen molar-refractivity contribution in [2.24, 2.45) is 0 Å². The largest absolute Gasteiger partial charge is 0.382 e. The third-order valence-electron chi connectivity index (χ3n) is 5.15. The lowest BCUT2D eigenvalue weighted by Crippen LogP contribution is -2.13. The fourth-order valence-electron chi connectivity index (χ4n) is 3.84. The molecule has 1 aliphatic heterocycles. The summed E-state index contributed by atoms with van der Waals surface area (Å²) in [6.45, 7) is 1.72. The lowest BCUT2D eigenvalue weighted by molar-refractivity contribution is 0.619. The highest BCUT2D eigenvalue weighted by atomic mass is 19.1. The number of benzene rings is 3. The molecule has 3 aromatic rings. The van der Waals surface area contributed by atoms with Crippen LogP contribution in [0.3, 0.4) is 0 Å². The molecule has 1 aliphatic rings. The zero-order valence-corrected chi connectivity index (χ0v) is 14.5. The van der Waals surface area contributed by atoms with Crippen molar-refractivity contribution < 1.29 is 4.39 Å². The van der Waals surface area contributed by atoms with E-state index in [-0.39, 0.29) is 11.7 Å². The maximum atomic E-state index is 14.5. The number of halogens is 1. The fourth-order valence-corrected chi connectivity index (χ4v) is 3.84. The van der Waals surface area contributed by atoms with Gasteiger partial charge in [0.1, 0.15) is 5.82 Å². The Labute approximate surface area is 148 Å². The lowest BCUT2D eigenvalue weighted by atomic mass is 9.86. The van der Waals surface area contributed by atoms with Crippen LogP contribution in [0.1, 0.15) is 29.0 Å². The van der Waals surface area contributed by atoms with Crippen LogP contribution in [0.15, 0.2) is 54.6 Å². The van der Waals surface area contributed by atoms with Gasteiger partial charge in [-0.25, -0.2) is 4.39 Å². The Morgan fingerprint density at radius 2 is 1.88 bits per heavy atom. The van der Waals surface area contributed by atoms with Crippen molar-refractivity contribution in [1.29, 1.82) is 0 Å². The molecule has 4 rings (SSSR count). The molecule has 3 heteroatoms. The Bertz CT molecular complexity index is 904. The molecular weight excluding hydrogens is 311 g/mol. The van der Waals surface area contributed by atoms with Crippen LogP contribution in [-0.4, -0.2) is 20.1 Å². The van der Waals surface area contributed by atoms with Gasteiger partial charge in [0.15, 0.2) is 0 Å². The Morgan fingerprint density at radius 3 is 2.72 bits per heavy atom. The second kappa shape index (κ2) is 6.85. The molecule has 3 aromatic carbocycles. The van der Waals surface area contributed by atoms with E-state index in [9.17, 15) is 4.39 Å². The van der Waals surface area contributed by atoms with Gasteiger partial charge in [0.25, 0.3) is 0 Å². The molecule has 0 amide bonds. The van der Waals surface area contributed by atoms with E-state index in [0.717, 1.165) is 37.1 Å². The number of hydrogen-bond acceptors (Lipinski definition) is 2. The average molecular weight is 334 g/mol. The highest BCUT2D eigenvalue weighted by Gasteiger charge is 2.21. The van der Waals surface area contributed by atoms with Gasteiger partial charge in [-0.3, -0.25) is 0 Å². The Balaban J connectivity index is 1.78. The molecule has 128 valence electrons. The standard InChI is InChI=1S/C22H23FN2/c1-24-10-9-20(17-7-6-15-4-2-3-5-16(15)12-17)19-13-18-8-11-25-22(18)21(23)14-19/h2-7,12-14,20,24-25H,8-11H2,1H3. The van der Waals surface area contributed by atoms with Crippen molar-refractivity contribution in [3.63, 3.8) is 0 Å². The van der Waals surface area contributed by atoms with Crippen LogP contribution in [0.4, 0.5) is 10.1 Å². The van der Waals surface area contributed by atoms with E-state index in [0.29, 0.717) is 5.69 Å². The van der Waals surface area contributed by atoms with E-state index >= 15 is 0 Å². The predicted molar refractivity (Wildman–Crippen MR) is 103 cm³/mol. The molecule has 0 bridgehead atoms. The highest BCUT2D eigenvalue weighted by molar-refractivity contribution is 5.83. The highest BCUT2D eigenvalue weighted by Crippen LogP contribution is 2.35. The van der Waals surface area contributed by atoms with E-state index in [4.69, 9.17) is 0 Å². The van der Waals surface area contributed by atoms with Gasteiger partial charge >= 0.3 is 0 Å². The first-order valence-electron chi connectivity index (χ1n) is 8.96. The van der Waals surface area contributed by atoms with E-state index < -0.39 is 0 Å². The molecule has 2 nitrogen and oxygen atoms in total. The summed E-state index contributed by atoms with van der Waals surface area (Å²) in [7, 11) is 1.96. The van der Waals surface area contributed by atoms with Crippen molar-refractivity contribution in [1.82, 2.24) is 5.32 Å². The molecule has 2 N–H and O–H groups in total. The van der Waals surface area contributed by atoms with Gasteiger partial charge < -0.3 is 10.6 Å². The summed E-state index contributed by atoms with van der Waals surface area (Å²) >= 11 is 0. The minimum atomic E-state index is -0.125. The van der Waals surface area contributed by atoms with Crippen LogP contribution in [-0.2, 0) is 6.42 Å². The number of nitrogens with one attached hydrogen (secondary N) is 2. The maximum absolute atomic E-state index is 14.5. The Morgan fingerprint density at radius 1 is 1.04 bits per heavy atom. The lowest BCUT2D eigenvalue weighted by Gasteiger charge is -2.20. The molecule has 0 saturated heterocycles. The average Bonchev–Trinajstić information content (AvgIpc) is 3.11. The van der Waals surface area contributed by atoms with Crippen molar-refractivity contribution in [2.75, 3.05) is 25.5 Å². The van der Waals surface area contributed by atoms with Crippen molar-refractivity contribution in [3.8, 4) is 0 Å². The molecule has 0 radical (unpaired) electrons. The molecule has 0 aliphatic carbocycles. The summed E-state index contributed by atoms with van der Waals surface area (Å²) in [6, 6.07) is 18.9. The first kappa shape index (κ1) is 16.1. The molecule has 0 aromatic heterocycles. The second-order valence-corrected chi connectivity index (χ2v) is 6.77. The van der Waals surface area contributed by atoms with Gasteiger partial charge in [0.2, 0.25) is 0 Å². The van der Waals surface area contributed by atoms with Crippen LogP contribution < -0.4 is 10.6 Å².